The van der Waals surface area contributed by atoms with Crippen molar-refractivity contribution in [3.8, 4) is 33.4 Å². The zero-order chi connectivity index (χ0) is 60.0. The van der Waals surface area contributed by atoms with E-state index in [1.807, 2.05) is 106 Å². The highest BCUT2D eigenvalue weighted by molar-refractivity contribution is 6.31. The molecule has 0 atom stereocenters. The fraction of sp³-hybridized carbons (Fsp3) is 0.484. The Morgan fingerprint density at radius 1 is 0.531 bits per heavy atom. The number of aromatic amines is 1. The van der Waals surface area contributed by atoms with Crippen LogP contribution in [0.5, 0.6) is 0 Å². The number of carbonyl (C=O) groups is 3. The molecule has 8 rings (SSSR count). The van der Waals surface area contributed by atoms with Crippen molar-refractivity contribution in [3.63, 3.8) is 0 Å². The third kappa shape index (κ3) is 17.8. The van der Waals surface area contributed by atoms with E-state index in [4.69, 9.17) is 34.8 Å². The zero-order valence-electron chi connectivity index (χ0n) is 49.1. The Hall–Kier alpha value is -5.51. The molecular weight excluding hydrogens is 1100 g/mol. The Balaban J connectivity index is 0.000000200. The van der Waals surface area contributed by atoms with Crippen molar-refractivity contribution in [3.05, 3.63) is 141 Å². The molecule has 2 saturated carbocycles. The summed E-state index contributed by atoms with van der Waals surface area (Å²) in [7, 11) is 5.27. The summed E-state index contributed by atoms with van der Waals surface area (Å²) < 4.78 is 45.2. The Labute approximate surface area is 492 Å². The quantitative estimate of drug-likeness (QED) is 0.106. The molecule has 3 aromatic heterocycles. The van der Waals surface area contributed by atoms with Gasteiger partial charge in [-0.3, -0.25) is 14.4 Å². The van der Waals surface area contributed by atoms with Crippen LogP contribution in [0.4, 0.5) is 13.2 Å². The normalized spacial score (nSPS) is 15.1. The summed E-state index contributed by atoms with van der Waals surface area (Å²) in [5.74, 6) is -0.534. The van der Waals surface area contributed by atoms with E-state index in [0.717, 1.165) is 71.4 Å². The SMILES string of the molecule is CN(CC(C)(C)C)C(=O)c1[nH]ccc1-c1ccc(Cl)cc1.CN(CC(C)(C)C)C(=O)c1c(-c2ccc(Cl)cc2)cc(C(F)(F)F)n1CC1(O)CCCC1.CN(CC(C)(C)C)C(=O)c1c(-c2ccc(Cl)cc2)ccn1CC1(O)CCCC1. The molecule has 2 fully saturated rings. The lowest BCUT2D eigenvalue weighted by atomic mass is 9.96. The number of hydrogen-bond acceptors (Lipinski definition) is 5. The van der Waals surface area contributed by atoms with Gasteiger partial charge in [-0.05, 0) is 113 Å². The highest BCUT2D eigenvalue weighted by atomic mass is 35.5. The molecule has 0 spiro atoms. The van der Waals surface area contributed by atoms with E-state index in [1.165, 1.54) is 4.90 Å². The number of benzene rings is 3. The number of nitrogens with one attached hydrogen (secondary N) is 1. The second kappa shape index (κ2) is 26.0. The smallest absolute Gasteiger partial charge is 0.388 e. The molecule has 17 heteroatoms. The lowest BCUT2D eigenvalue weighted by Crippen LogP contribution is -2.38. The van der Waals surface area contributed by atoms with E-state index in [9.17, 15) is 37.8 Å². The van der Waals surface area contributed by atoms with Crippen molar-refractivity contribution in [2.24, 2.45) is 16.2 Å². The maximum Gasteiger partial charge on any atom is 0.431 e. The first-order valence-electron chi connectivity index (χ1n) is 27.7. The highest BCUT2D eigenvalue weighted by Crippen LogP contribution is 2.41. The first-order valence-corrected chi connectivity index (χ1v) is 28.9. The number of halogens is 6. The van der Waals surface area contributed by atoms with Crippen molar-refractivity contribution in [1.29, 1.82) is 0 Å². The molecule has 81 heavy (non-hydrogen) atoms. The number of hydrogen-bond donors (Lipinski definition) is 3. The largest absolute Gasteiger partial charge is 0.431 e. The van der Waals surface area contributed by atoms with Crippen LogP contribution < -0.4 is 0 Å². The topological polar surface area (TPSA) is 127 Å². The maximum absolute atomic E-state index is 14.1. The van der Waals surface area contributed by atoms with Gasteiger partial charge in [0.2, 0.25) is 0 Å². The van der Waals surface area contributed by atoms with Gasteiger partial charge in [-0.1, -0.05) is 159 Å². The molecule has 0 unspecified atom stereocenters. The minimum absolute atomic E-state index is 0.000116. The highest BCUT2D eigenvalue weighted by Gasteiger charge is 2.43. The number of carbonyl (C=O) groups excluding carboxylic acids is 3. The summed E-state index contributed by atoms with van der Waals surface area (Å²) in [5.41, 5.74) is 2.44. The van der Waals surface area contributed by atoms with Crippen LogP contribution in [0.1, 0.15) is 151 Å². The lowest BCUT2D eigenvalue weighted by Gasteiger charge is -2.30. The van der Waals surface area contributed by atoms with E-state index in [-0.39, 0.29) is 45.9 Å². The van der Waals surface area contributed by atoms with Crippen molar-refractivity contribution < 1.29 is 37.8 Å². The predicted molar refractivity (Wildman–Crippen MR) is 322 cm³/mol. The minimum Gasteiger partial charge on any atom is -0.388 e. The average molecular weight is 1180 g/mol. The summed E-state index contributed by atoms with van der Waals surface area (Å²) in [5, 5.41) is 23.7. The molecule has 440 valence electrons. The third-order valence-electron chi connectivity index (χ3n) is 14.3. The molecule has 2 aliphatic rings. The van der Waals surface area contributed by atoms with E-state index in [1.54, 1.807) is 47.3 Å². The van der Waals surface area contributed by atoms with Gasteiger partial charge in [0.1, 0.15) is 22.8 Å². The van der Waals surface area contributed by atoms with Gasteiger partial charge in [-0.25, -0.2) is 0 Å². The summed E-state index contributed by atoms with van der Waals surface area (Å²) in [4.78, 5) is 47.7. The van der Waals surface area contributed by atoms with Crippen LogP contribution in [0, 0.1) is 16.2 Å². The van der Waals surface area contributed by atoms with Gasteiger partial charge in [0.15, 0.2) is 0 Å². The molecule has 3 aromatic carbocycles. The van der Waals surface area contributed by atoms with Gasteiger partial charge in [-0.15, -0.1) is 0 Å². The fourth-order valence-electron chi connectivity index (χ4n) is 11.0. The third-order valence-corrected chi connectivity index (χ3v) is 15.1. The Bertz CT molecular complexity index is 3080. The molecule has 6 aromatic rings. The molecule has 0 radical (unpaired) electrons. The van der Waals surface area contributed by atoms with Gasteiger partial charge < -0.3 is 39.0 Å². The molecule has 3 N–H and O–H groups in total. The summed E-state index contributed by atoms with van der Waals surface area (Å²) in [6, 6.07) is 26.3. The van der Waals surface area contributed by atoms with Gasteiger partial charge in [-0.2, -0.15) is 13.2 Å². The van der Waals surface area contributed by atoms with Gasteiger partial charge >= 0.3 is 6.18 Å². The summed E-state index contributed by atoms with van der Waals surface area (Å²) >= 11 is 17.9. The van der Waals surface area contributed by atoms with E-state index in [2.05, 4.69) is 46.5 Å². The van der Waals surface area contributed by atoms with Gasteiger partial charge in [0.25, 0.3) is 17.7 Å². The second-order valence-corrected chi connectivity index (χ2v) is 27.2. The molecule has 2 aliphatic carbocycles. The van der Waals surface area contributed by atoms with E-state index < -0.39 is 29.0 Å². The second-order valence-electron chi connectivity index (χ2n) is 25.9. The summed E-state index contributed by atoms with van der Waals surface area (Å²) in [6.45, 7) is 20.5. The average Bonchev–Trinajstić information content (AvgIpc) is 4.30. The first kappa shape index (κ1) is 64.7. The van der Waals surface area contributed by atoms with Crippen LogP contribution in [-0.4, -0.2) is 109 Å². The number of H-pyrrole nitrogens is 1. The predicted octanol–water partition coefficient (Wildman–Crippen LogP) is 15.9. The number of aliphatic hydroxyl groups is 2. The van der Waals surface area contributed by atoms with E-state index in [0.29, 0.717) is 71.0 Å². The minimum atomic E-state index is -4.68. The lowest BCUT2D eigenvalue weighted by molar-refractivity contribution is -0.144. The Morgan fingerprint density at radius 2 is 0.901 bits per heavy atom. The zero-order valence-corrected chi connectivity index (χ0v) is 51.4. The molecule has 0 saturated heterocycles. The van der Waals surface area contributed by atoms with Gasteiger partial charge in [0.05, 0.1) is 24.3 Å². The molecule has 11 nitrogen and oxygen atoms in total. The van der Waals surface area contributed by atoms with Crippen LogP contribution in [0.15, 0.2) is 103 Å². The van der Waals surface area contributed by atoms with Crippen LogP contribution in [0.2, 0.25) is 15.1 Å². The van der Waals surface area contributed by atoms with E-state index >= 15 is 0 Å². The number of rotatable bonds is 13. The van der Waals surface area contributed by atoms with Crippen LogP contribution in [0.25, 0.3) is 33.4 Å². The first-order chi connectivity index (χ1) is 37.6. The van der Waals surface area contributed by atoms with Crippen LogP contribution >= 0.6 is 34.8 Å². The van der Waals surface area contributed by atoms with Gasteiger partial charge in [0, 0.05) is 84.9 Å². The fourth-order valence-corrected chi connectivity index (χ4v) is 11.4. The molecule has 3 heterocycles. The molecular formula is C64H82Cl3F3N6O5. The number of alkyl halides is 3. The Kier molecular flexibility index (Phi) is 20.7. The monoisotopic (exact) mass is 1180 g/mol. The van der Waals surface area contributed by atoms with Crippen LogP contribution in [0.3, 0.4) is 0 Å². The molecule has 3 amide bonds. The number of nitrogens with zero attached hydrogens (tertiary/aromatic N) is 5. The standard InChI is InChI=1S/C24H30ClF3N2O2.C23H31ClN2O2.C17H21ClN2O/c1-22(2,3)14-29(4)21(31)20-18(16-7-9-17(25)10-8-16)13-19(24(26,27)28)30(20)15-23(32)11-5-6-12-23;1-22(2,3)15-25(4)21(27)20-19(17-7-9-18(24)10-8-17)11-14-26(20)16-23(28)12-5-6-13-23;1-17(2,3)11-20(4)16(21)15-14(9-10-19-15)12-5-7-13(18)8-6-12/h7-10,13,32H,5-6,11-12,14-15H2,1-4H3;7-11,14,28H,5-6,12-13,15-16H2,1-4H3;5-10,19H,11H2,1-4H3. The van der Waals surface area contributed by atoms with Crippen molar-refractivity contribution in [2.45, 2.75) is 144 Å². The molecule has 0 aliphatic heterocycles. The molecule has 0 bridgehead atoms. The van der Waals surface area contributed by atoms with Crippen molar-refractivity contribution in [1.82, 2.24) is 28.8 Å². The van der Waals surface area contributed by atoms with Crippen molar-refractivity contribution >= 4 is 52.5 Å². The van der Waals surface area contributed by atoms with Crippen molar-refractivity contribution in [2.75, 3.05) is 40.8 Å². The van der Waals surface area contributed by atoms with Crippen LogP contribution in [-0.2, 0) is 19.3 Å². The maximum atomic E-state index is 14.1. The number of aromatic nitrogens is 3. The summed E-state index contributed by atoms with van der Waals surface area (Å²) in [6.07, 6.45) is 4.99. The Morgan fingerprint density at radius 3 is 1.31 bits per heavy atom. The number of amides is 3.